The molecule has 130 valence electrons. The van der Waals surface area contributed by atoms with Gasteiger partial charge in [-0.1, -0.05) is 0 Å². The van der Waals surface area contributed by atoms with Crippen molar-refractivity contribution in [2.45, 2.75) is 0 Å². The van der Waals surface area contributed by atoms with E-state index in [2.05, 4.69) is 31.9 Å². The van der Waals surface area contributed by atoms with E-state index in [1.165, 1.54) is 6.07 Å². The van der Waals surface area contributed by atoms with Crippen LogP contribution in [0.15, 0.2) is 48.5 Å². The summed E-state index contributed by atoms with van der Waals surface area (Å²) in [5.41, 5.74) is 0.884. The van der Waals surface area contributed by atoms with Crippen LogP contribution in [0.2, 0.25) is 0 Å². The third kappa shape index (κ3) is 3.14. The van der Waals surface area contributed by atoms with Gasteiger partial charge < -0.3 is 18.6 Å². The minimum Gasteiger partial charge on any atom is -0.497 e. The van der Waals surface area contributed by atoms with Crippen molar-refractivity contribution in [2.75, 3.05) is 21.3 Å². The van der Waals surface area contributed by atoms with Crippen LogP contribution in [0.4, 0.5) is 0 Å². The van der Waals surface area contributed by atoms with Gasteiger partial charge in [0.05, 0.1) is 36.8 Å². The molecule has 0 aliphatic heterocycles. The third-order valence-electron chi connectivity index (χ3n) is 3.75. The van der Waals surface area contributed by atoms with E-state index in [0.29, 0.717) is 48.5 Å². The Labute approximate surface area is 160 Å². The zero-order valence-electron chi connectivity index (χ0n) is 13.7. The lowest BCUT2D eigenvalue weighted by Crippen LogP contribution is -2.02. The van der Waals surface area contributed by atoms with Crippen LogP contribution in [0.5, 0.6) is 17.2 Å². The zero-order valence-corrected chi connectivity index (χ0v) is 16.9. The Hall–Kier alpha value is -1.99. The van der Waals surface area contributed by atoms with E-state index in [9.17, 15) is 4.79 Å². The maximum absolute atomic E-state index is 12.6. The smallest absolute Gasteiger partial charge is 0.193 e. The van der Waals surface area contributed by atoms with Gasteiger partial charge in [0, 0.05) is 12.1 Å². The molecule has 0 aliphatic rings. The lowest BCUT2D eigenvalue weighted by molar-refractivity contribution is 0.394. The van der Waals surface area contributed by atoms with Gasteiger partial charge in [-0.2, -0.15) is 0 Å². The van der Waals surface area contributed by atoms with Crippen molar-refractivity contribution in [3.05, 3.63) is 49.5 Å². The molecule has 0 aliphatic carbocycles. The molecule has 0 radical (unpaired) electrons. The molecule has 3 aromatic rings. The van der Waals surface area contributed by atoms with Crippen LogP contribution in [-0.2, 0) is 0 Å². The normalized spacial score (nSPS) is 10.8. The van der Waals surface area contributed by atoms with Gasteiger partial charge in [0.2, 0.25) is 0 Å². The molecule has 0 bridgehead atoms. The van der Waals surface area contributed by atoms with Gasteiger partial charge in [-0.25, -0.2) is 0 Å². The predicted octanol–water partition coefficient (Wildman–Crippen LogP) is 5.01. The minimum absolute atomic E-state index is 0.168. The Bertz CT molecular complexity index is 1010. The van der Waals surface area contributed by atoms with Gasteiger partial charge in [-0.15, -0.1) is 0 Å². The molecule has 0 unspecified atom stereocenters. The summed E-state index contributed by atoms with van der Waals surface area (Å²) in [5.74, 6) is 2.13. The summed E-state index contributed by atoms with van der Waals surface area (Å²) in [6.07, 6.45) is 0. The topological polar surface area (TPSA) is 57.9 Å². The number of rotatable bonds is 4. The molecule has 25 heavy (non-hydrogen) atoms. The molecule has 0 N–H and O–H groups in total. The predicted molar refractivity (Wildman–Crippen MR) is 103 cm³/mol. The fourth-order valence-corrected chi connectivity index (χ4v) is 4.05. The van der Waals surface area contributed by atoms with E-state index in [0.717, 1.165) is 0 Å². The second-order valence-corrected chi connectivity index (χ2v) is 6.77. The summed E-state index contributed by atoms with van der Waals surface area (Å²) in [6, 6.07) is 8.42. The highest BCUT2D eigenvalue weighted by Crippen LogP contribution is 2.41. The highest BCUT2D eigenvalue weighted by Gasteiger charge is 2.18. The number of fused-ring (bicyclic) bond motifs is 1. The Morgan fingerprint density at radius 1 is 0.960 bits per heavy atom. The van der Waals surface area contributed by atoms with Crippen LogP contribution in [-0.4, -0.2) is 21.3 Å². The molecule has 3 rings (SSSR count). The molecule has 7 heteroatoms. The van der Waals surface area contributed by atoms with E-state index in [1.807, 2.05) is 0 Å². The Balaban J connectivity index is 2.31. The standard InChI is InChI=1S/C18H14Br2O5/c1-22-9-4-5-10(14(6-9)23-2)15-8-13(21)11-7-12(19)18(24-3)16(20)17(11)25-15/h4-8H,1-3H3. The maximum atomic E-state index is 12.6. The summed E-state index contributed by atoms with van der Waals surface area (Å²) in [7, 11) is 4.67. The Kier molecular flexibility index (Phi) is 5.06. The van der Waals surface area contributed by atoms with Crippen LogP contribution in [0.3, 0.4) is 0 Å². The summed E-state index contributed by atoms with van der Waals surface area (Å²) < 4.78 is 23.2. The van der Waals surface area contributed by atoms with E-state index in [-0.39, 0.29) is 5.43 Å². The van der Waals surface area contributed by atoms with Crippen molar-refractivity contribution in [3.63, 3.8) is 0 Å². The lowest BCUT2D eigenvalue weighted by atomic mass is 10.1. The number of hydrogen-bond acceptors (Lipinski definition) is 5. The van der Waals surface area contributed by atoms with Gasteiger partial charge in [0.1, 0.15) is 21.7 Å². The van der Waals surface area contributed by atoms with Crippen LogP contribution in [0.1, 0.15) is 0 Å². The quantitative estimate of drug-likeness (QED) is 0.537. The Morgan fingerprint density at radius 2 is 1.72 bits per heavy atom. The van der Waals surface area contributed by atoms with Gasteiger partial charge in [-0.3, -0.25) is 4.79 Å². The van der Waals surface area contributed by atoms with Gasteiger partial charge >= 0.3 is 0 Å². The maximum Gasteiger partial charge on any atom is 0.193 e. The molecule has 2 aromatic carbocycles. The molecular formula is C18H14Br2O5. The number of hydrogen-bond donors (Lipinski definition) is 0. The molecular weight excluding hydrogens is 456 g/mol. The highest BCUT2D eigenvalue weighted by atomic mass is 79.9. The zero-order chi connectivity index (χ0) is 18.1. The van der Waals surface area contributed by atoms with Crippen molar-refractivity contribution in [1.29, 1.82) is 0 Å². The lowest BCUT2D eigenvalue weighted by Gasteiger charge is -2.12. The molecule has 1 aromatic heterocycles. The molecule has 0 atom stereocenters. The van der Waals surface area contributed by atoms with E-state index in [4.69, 9.17) is 18.6 Å². The number of halogens is 2. The number of ether oxygens (including phenoxy) is 3. The SMILES string of the molecule is COc1ccc(-c2cc(=O)c3cc(Br)c(OC)c(Br)c3o2)c(OC)c1. The van der Waals surface area contributed by atoms with Crippen molar-refractivity contribution >= 4 is 42.8 Å². The van der Waals surface area contributed by atoms with E-state index < -0.39 is 0 Å². The molecule has 0 saturated heterocycles. The first-order valence-electron chi connectivity index (χ1n) is 7.22. The molecule has 0 spiro atoms. The third-order valence-corrected chi connectivity index (χ3v) is 5.06. The largest absolute Gasteiger partial charge is 0.497 e. The average Bonchev–Trinajstić information content (AvgIpc) is 2.62. The van der Waals surface area contributed by atoms with Crippen LogP contribution >= 0.6 is 31.9 Å². The molecule has 5 nitrogen and oxygen atoms in total. The van der Waals surface area contributed by atoms with E-state index in [1.54, 1.807) is 45.6 Å². The molecule has 0 amide bonds. The second-order valence-electron chi connectivity index (χ2n) is 5.12. The first kappa shape index (κ1) is 17.8. The summed E-state index contributed by atoms with van der Waals surface area (Å²) >= 11 is 6.85. The fourth-order valence-electron chi connectivity index (χ4n) is 2.52. The number of methoxy groups -OCH3 is 3. The first-order chi connectivity index (χ1) is 12.0. The molecule has 0 saturated carbocycles. The van der Waals surface area contributed by atoms with Crippen molar-refractivity contribution < 1.29 is 18.6 Å². The highest BCUT2D eigenvalue weighted by molar-refractivity contribution is 9.11. The first-order valence-corrected chi connectivity index (χ1v) is 8.81. The minimum atomic E-state index is -0.168. The summed E-state index contributed by atoms with van der Waals surface area (Å²) in [4.78, 5) is 12.6. The van der Waals surface area contributed by atoms with Crippen LogP contribution in [0, 0.1) is 0 Å². The molecule has 0 fully saturated rings. The van der Waals surface area contributed by atoms with Crippen LogP contribution in [0.25, 0.3) is 22.3 Å². The fraction of sp³-hybridized carbons (Fsp3) is 0.167. The monoisotopic (exact) mass is 468 g/mol. The summed E-state index contributed by atoms with van der Waals surface area (Å²) in [5, 5.41) is 0.441. The van der Waals surface area contributed by atoms with Gasteiger partial charge in [-0.05, 0) is 50.1 Å². The Morgan fingerprint density at radius 3 is 2.36 bits per heavy atom. The van der Waals surface area contributed by atoms with Gasteiger partial charge in [0.15, 0.2) is 16.8 Å². The van der Waals surface area contributed by atoms with Crippen LogP contribution < -0.4 is 19.6 Å². The average molecular weight is 470 g/mol. The summed E-state index contributed by atoms with van der Waals surface area (Å²) in [6.45, 7) is 0. The number of benzene rings is 2. The van der Waals surface area contributed by atoms with Crippen molar-refractivity contribution in [2.24, 2.45) is 0 Å². The van der Waals surface area contributed by atoms with Crippen molar-refractivity contribution in [3.8, 4) is 28.6 Å². The second kappa shape index (κ2) is 7.09. The molecule has 1 heterocycles. The van der Waals surface area contributed by atoms with E-state index >= 15 is 0 Å². The van der Waals surface area contributed by atoms with Gasteiger partial charge in [0.25, 0.3) is 0 Å². The van der Waals surface area contributed by atoms with Crippen molar-refractivity contribution in [1.82, 2.24) is 0 Å².